The summed E-state index contributed by atoms with van der Waals surface area (Å²) in [5.41, 5.74) is 3.87. The normalized spacial score (nSPS) is 17.5. The quantitative estimate of drug-likeness (QED) is 0.693. The molecule has 0 aliphatic carbocycles. The van der Waals surface area contributed by atoms with Gasteiger partial charge in [0.1, 0.15) is 5.82 Å². The van der Waals surface area contributed by atoms with Crippen LogP contribution in [0, 0.1) is 0 Å². The second-order valence-corrected chi connectivity index (χ2v) is 5.62. The van der Waals surface area contributed by atoms with Crippen LogP contribution in [0.4, 0.5) is 0 Å². The highest BCUT2D eigenvalue weighted by Crippen LogP contribution is 2.34. The minimum Gasteiger partial charge on any atom is -0.328 e. The Morgan fingerprint density at radius 1 is 1.00 bits per heavy atom. The third kappa shape index (κ3) is 1.92. The monoisotopic (exact) mass is 262 g/mol. The highest BCUT2D eigenvalue weighted by molar-refractivity contribution is 5.76. The fourth-order valence-corrected chi connectivity index (χ4v) is 3.31. The Hall–Kier alpha value is -2.09. The second kappa shape index (κ2) is 4.78. The summed E-state index contributed by atoms with van der Waals surface area (Å²) in [6, 6.07) is 19.3. The highest BCUT2D eigenvalue weighted by atomic mass is 15.1. The summed E-state index contributed by atoms with van der Waals surface area (Å²) in [6.45, 7) is 1.12. The number of rotatable bonds is 3. The molecule has 1 atom stereocenters. The van der Waals surface area contributed by atoms with Gasteiger partial charge < -0.3 is 4.57 Å². The average Bonchev–Trinajstić information content (AvgIpc) is 3.05. The topological polar surface area (TPSA) is 17.8 Å². The number of hydrogen-bond donors (Lipinski definition) is 0. The van der Waals surface area contributed by atoms with Crippen LogP contribution in [0.2, 0.25) is 0 Å². The van der Waals surface area contributed by atoms with Gasteiger partial charge >= 0.3 is 0 Å². The molecule has 100 valence electrons. The van der Waals surface area contributed by atoms with E-state index in [2.05, 4.69) is 59.2 Å². The van der Waals surface area contributed by atoms with Gasteiger partial charge in [-0.2, -0.15) is 0 Å². The van der Waals surface area contributed by atoms with Gasteiger partial charge in [-0.15, -0.1) is 0 Å². The van der Waals surface area contributed by atoms with Crippen LogP contribution in [0.15, 0.2) is 54.6 Å². The van der Waals surface area contributed by atoms with E-state index in [-0.39, 0.29) is 0 Å². The molecule has 0 spiro atoms. The van der Waals surface area contributed by atoms with E-state index < -0.39 is 0 Å². The minimum absolute atomic E-state index is 0.614. The molecular weight excluding hydrogens is 244 g/mol. The van der Waals surface area contributed by atoms with Crippen LogP contribution in [0.5, 0.6) is 0 Å². The molecule has 2 aromatic carbocycles. The van der Waals surface area contributed by atoms with Crippen molar-refractivity contribution in [3.05, 3.63) is 66.0 Å². The van der Waals surface area contributed by atoms with E-state index in [9.17, 15) is 0 Å². The van der Waals surface area contributed by atoms with Gasteiger partial charge in [-0.05, 0) is 37.0 Å². The third-order valence-electron chi connectivity index (χ3n) is 4.37. The summed E-state index contributed by atoms with van der Waals surface area (Å²) in [4.78, 5) is 4.85. The number of para-hydroxylation sites is 2. The molecule has 0 bridgehead atoms. The molecule has 0 saturated carbocycles. The first kappa shape index (κ1) is 11.7. The number of imidazole rings is 1. The van der Waals surface area contributed by atoms with E-state index in [1.165, 1.54) is 29.7 Å². The largest absolute Gasteiger partial charge is 0.328 e. The number of hydrogen-bond acceptors (Lipinski definition) is 1. The van der Waals surface area contributed by atoms with Crippen molar-refractivity contribution in [3.63, 3.8) is 0 Å². The smallest absolute Gasteiger partial charge is 0.113 e. The standard InChI is InChI=1S/C18H18N2/c1-2-6-14(7-3-1)10-11-15-12-13-20-17-9-5-4-8-16(17)19-18(15)20/h1-9,15H,10-13H2/t15-/m1/s1. The number of aromatic nitrogens is 2. The lowest BCUT2D eigenvalue weighted by atomic mass is 9.98. The van der Waals surface area contributed by atoms with Gasteiger partial charge in [0.2, 0.25) is 0 Å². The maximum atomic E-state index is 4.85. The predicted octanol–water partition coefficient (Wildman–Crippen LogP) is 4.16. The molecule has 0 saturated heterocycles. The summed E-state index contributed by atoms with van der Waals surface area (Å²) in [7, 11) is 0. The maximum absolute atomic E-state index is 4.85. The molecule has 4 rings (SSSR count). The van der Waals surface area contributed by atoms with Crippen molar-refractivity contribution < 1.29 is 0 Å². The van der Waals surface area contributed by atoms with Gasteiger partial charge in [-0.1, -0.05) is 42.5 Å². The molecule has 3 aromatic rings. The Balaban J connectivity index is 1.58. The molecule has 1 aliphatic rings. The van der Waals surface area contributed by atoms with Crippen molar-refractivity contribution in [3.8, 4) is 0 Å². The molecule has 1 aromatic heterocycles. The molecule has 0 amide bonds. The Morgan fingerprint density at radius 2 is 1.80 bits per heavy atom. The van der Waals surface area contributed by atoms with Crippen molar-refractivity contribution >= 4 is 11.0 Å². The van der Waals surface area contributed by atoms with Gasteiger partial charge in [-0.25, -0.2) is 4.98 Å². The fourth-order valence-electron chi connectivity index (χ4n) is 3.31. The summed E-state index contributed by atoms with van der Waals surface area (Å²) >= 11 is 0. The van der Waals surface area contributed by atoms with Crippen molar-refractivity contribution in [2.24, 2.45) is 0 Å². The summed E-state index contributed by atoms with van der Waals surface area (Å²) in [5.74, 6) is 1.91. The summed E-state index contributed by atoms with van der Waals surface area (Å²) in [5, 5.41) is 0. The third-order valence-corrected chi connectivity index (χ3v) is 4.37. The molecule has 0 fully saturated rings. The summed E-state index contributed by atoms with van der Waals surface area (Å²) in [6.07, 6.45) is 3.59. The first-order chi connectivity index (χ1) is 9.92. The first-order valence-electron chi connectivity index (χ1n) is 7.41. The fraction of sp³-hybridized carbons (Fsp3) is 0.278. The highest BCUT2D eigenvalue weighted by Gasteiger charge is 2.25. The molecular formula is C18H18N2. The van der Waals surface area contributed by atoms with Crippen LogP contribution in [-0.2, 0) is 13.0 Å². The Morgan fingerprint density at radius 3 is 2.70 bits per heavy atom. The number of nitrogens with zero attached hydrogens (tertiary/aromatic N) is 2. The Kier molecular flexibility index (Phi) is 2.80. The van der Waals surface area contributed by atoms with Gasteiger partial charge in [0.05, 0.1) is 11.0 Å². The molecule has 2 nitrogen and oxygen atoms in total. The van der Waals surface area contributed by atoms with E-state index in [0.29, 0.717) is 5.92 Å². The van der Waals surface area contributed by atoms with Crippen LogP contribution in [0.1, 0.15) is 30.1 Å². The van der Waals surface area contributed by atoms with E-state index in [4.69, 9.17) is 4.98 Å². The maximum Gasteiger partial charge on any atom is 0.113 e. The van der Waals surface area contributed by atoms with Gasteiger partial charge in [0.25, 0.3) is 0 Å². The van der Waals surface area contributed by atoms with Crippen LogP contribution in [0.3, 0.4) is 0 Å². The lowest BCUT2D eigenvalue weighted by Gasteiger charge is -2.07. The lowest BCUT2D eigenvalue weighted by Crippen LogP contribution is -1.98. The van der Waals surface area contributed by atoms with Crippen molar-refractivity contribution in [2.45, 2.75) is 31.7 Å². The second-order valence-electron chi connectivity index (χ2n) is 5.62. The first-order valence-corrected chi connectivity index (χ1v) is 7.41. The van der Waals surface area contributed by atoms with Crippen LogP contribution in [0.25, 0.3) is 11.0 Å². The van der Waals surface area contributed by atoms with Gasteiger partial charge in [0, 0.05) is 12.5 Å². The Bertz CT molecular complexity index is 728. The van der Waals surface area contributed by atoms with Gasteiger partial charge in [-0.3, -0.25) is 0 Å². The average molecular weight is 262 g/mol. The molecule has 1 aliphatic heterocycles. The molecule has 20 heavy (non-hydrogen) atoms. The van der Waals surface area contributed by atoms with Crippen LogP contribution in [-0.4, -0.2) is 9.55 Å². The zero-order chi connectivity index (χ0) is 13.4. The Labute approximate surface area is 119 Å². The lowest BCUT2D eigenvalue weighted by molar-refractivity contribution is 0.605. The SMILES string of the molecule is c1ccc(CC[C@@H]2CCn3c2nc2ccccc23)cc1. The zero-order valence-corrected chi connectivity index (χ0v) is 11.5. The van der Waals surface area contributed by atoms with E-state index in [1.54, 1.807) is 0 Å². The number of aryl methyl sites for hydroxylation is 2. The number of benzene rings is 2. The van der Waals surface area contributed by atoms with Crippen molar-refractivity contribution in [1.29, 1.82) is 0 Å². The van der Waals surface area contributed by atoms with E-state index in [0.717, 1.165) is 18.5 Å². The van der Waals surface area contributed by atoms with Crippen molar-refractivity contribution in [1.82, 2.24) is 9.55 Å². The van der Waals surface area contributed by atoms with Gasteiger partial charge in [0.15, 0.2) is 0 Å². The molecule has 0 radical (unpaired) electrons. The predicted molar refractivity (Wildman–Crippen MR) is 81.9 cm³/mol. The van der Waals surface area contributed by atoms with E-state index in [1.807, 2.05) is 0 Å². The minimum atomic E-state index is 0.614. The van der Waals surface area contributed by atoms with Crippen LogP contribution >= 0.6 is 0 Å². The molecule has 0 N–H and O–H groups in total. The molecule has 0 unspecified atom stereocenters. The molecule has 2 heteroatoms. The summed E-state index contributed by atoms with van der Waals surface area (Å²) < 4.78 is 2.41. The zero-order valence-electron chi connectivity index (χ0n) is 11.5. The number of fused-ring (bicyclic) bond motifs is 3. The van der Waals surface area contributed by atoms with E-state index >= 15 is 0 Å². The van der Waals surface area contributed by atoms with Crippen LogP contribution < -0.4 is 0 Å². The van der Waals surface area contributed by atoms with Crippen molar-refractivity contribution in [2.75, 3.05) is 0 Å². The molecule has 2 heterocycles.